The fraction of sp³-hybridized carbons (Fsp3) is 1.00. The van der Waals surface area contributed by atoms with Gasteiger partial charge < -0.3 is 0 Å². The van der Waals surface area contributed by atoms with E-state index in [1.807, 2.05) is 0 Å². The van der Waals surface area contributed by atoms with Crippen LogP contribution in [0.5, 0.6) is 0 Å². The van der Waals surface area contributed by atoms with Crippen molar-refractivity contribution in [2.75, 3.05) is 58.9 Å². The van der Waals surface area contributed by atoms with Gasteiger partial charge in [-0.05, 0) is 116 Å². The van der Waals surface area contributed by atoms with Crippen molar-refractivity contribution in [1.82, 2.24) is 28.7 Å². The molecule has 3 unspecified atom stereocenters. The van der Waals surface area contributed by atoms with Crippen LogP contribution in [-0.2, 0) is 0 Å². The summed E-state index contributed by atoms with van der Waals surface area (Å²) < 4.78 is 9.13. The summed E-state index contributed by atoms with van der Waals surface area (Å²) in [6, 6.07) is 0. The van der Waals surface area contributed by atoms with Gasteiger partial charge in [0.2, 0.25) is 15.5 Å². The van der Waals surface area contributed by atoms with Gasteiger partial charge in [0.25, 0.3) is 0 Å². The van der Waals surface area contributed by atoms with Crippen LogP contribution in [-0.4, -0.2) is 106 Å². The third-order valence-corrected chi connectivity index (χ3v) is 16.3. The number of likely N-dealkylation sites (tertiary alicyclic amines) is 3. The first-order valence-electron chi connectivity index (χ1n) is 13.9. The molecule has 0 bridgehead atoms. The molecule has 6 saturated heterocycles. The van der Waals surface area contributed by atoms with Crippen LogP contribution in [0.2, 0.25) is 0 Å². The molecule has 0 amide bonds. The van der Waals surface area contributed by atoms with Crippen molar-refractivity contribution in [3.63, 3.8) is 0 Å². The average molecular weight is 529 g/mol. The zero-order chi connectivity index (χ0) is 21.5. The minimum Gasteiger partial charge on any atom is -0.285 e. The fourth-order valence-corrected chi connectivity index (χ4v) is 15.0. The molecule has 0 saturated carbocycles. The van der Waals surface area contributed by atoms with Gasteiger partial charge in [0, 0.05) is 19.6 Å². The van der Waals surface area contributed by atoms with Crippen molar-refractivity contribution in [2.24, 2.45) is 0 Å². The van der Waals surface area contributed by atoms with Crippen molar-refractivity contribution in [2.45, 2.75) is 95.5 Å². The molecule has 6 heterocycles. The average Bonchev–Trinajstić information content (AvgIpc) is 3.67. The third-order valence-electron chi connectivity index (χ3n) is 9.25. The Labute approximate surface area is 204 Å². The molecule has 6 aliphatic heterocycles. The summed E-state index contributed by atoms with van der Waals surface area (Å²) in [5, 5.41) is 0. The maximum Gasteiger partial charge on any atom is 0.304 e. The predicted octanol–water partition coefficient (Wildman–Crippen LogP) is 4.61. The molecular weight excluding hydrogens is 483 g/mol. The van der Waals surface area contributed by atoms with Crippen molar-refractivity contribution in [3.8, 4) is 0 Å². The molecule has 6 rings (SSSR count). The van der Waals surface area contributed by atoms with Crippen molar-refractivity contribution in [3.05, 3.63) is 0 Å². The molecule has 0 spiro atoms. The lowest BCUT2D eigenvalue weighted by atomic mass is 10.3. The summed E-state index contributed by atoms with van der Waals surface area (Å²) in [6.07, 6.45) is 16.9. The van der Waals surface area contributed by atoms with Crippen molar-refractivity contribution in [1.29, 1.82) is 0 Å². The van der Waals surface area contributed by atoms with Gasteiger partial charge in [-0.25, -0.2) is 0 Å². The fourth-order valence-electron chi connectivity index (χ4n) is 7.77. The molecule has 0 aromatic rings. The normalized spacial score (nSPS) is 39.1. The van der Waals surface area contributed by atoms with Gasteiger partial charge >= 0.3 is 6.42 Å². The Hall–Kier alpha value is 0.670. The van der Waals surface area contributed by atoms with Crippen LogP contribution in [0.3, 0.4) is 0 Å². The SMILES string of the molecule is Br[P+](N1CCCC1N1CCCC1)(N1CCCC1N1CCCC1)N1CCCC1N1CCCC1. The van der Waals surface area contributed by atoms with Gasteiger partial charge in [0.1, 0.15) is 18.5 Å². The zero-order valence-corrected chi connectivity index (χ0v) is 22.6. The van der Waals surface area contributed by atoms with Crippen LogP contribution in [0.4, 0.5) is 0 Å². The Morgan fingerprint density at radius 1 is 0.406 bits per heavy atom. The lowest BCUT2D eigenvalue weighted by Gasteiger charge is -2.48. The molecule has 6 aliphatic rings. The third kappa shape index (κ3) is 4.05. The van der Waals surface area contributed by atoms with E-state index in [1.165, 1.54) is 136 Å². The van der Waals surface area contributed by atoms with Crippen molar-refractivity contribution < 1.29 is 0 Å². The van der Waals surface area contributed by atoms with Gasteiger partial charge in [-0.15, -0.1) is 14.0 Å². The first-order valence-corrected chi connectivity index (χ1v) is 17.6. The summed E-state index contributed by atoms with van der Waals surface area (Å²) in [5.74, 6) is 0. The molecule has 182 valence electrons. The molecule has 8 heteroatoms. The minimum atomic E-state index is -1.75. The Morgan fingerprint density at radius 2 is 0.688 bits per heavy atom. The highest BCUT2D eigenvalue weighted by Crippen LogP contribution is 2.79. The smallest absolute Gasteiger partial charge is 0.285 e. The number of hydrogen-bond donors (Lipinski definition) is 0. The molecule has 0 aromatic heterocycles. The number of halogens is 1. The Kier molecular flexibility index (Phi) is 7.19. The number of rotatable bonds is 6. The van der Waals surface area contributed by atoms with Crippen LogP contribution >= 0.6 is 21.9 Å². The van der Waals surface area contributed by atoms with E-state index in [9.17, 15) is 0 Å². The monoisotopic (exact) mass is 527 g/mol. The number of hydrogen-bond acceptors (Lipinski definition) is 6. The maximum atomic E-state index is 4.74. The molecule has 32 heavy (non-hydrogen) atoms. The topological polar surface area (TPSA) is 19.4 Å². The number of nitrogens with zero attached hydrogens (tertiary/aromatic N) is 6. The van der Waals surface area contributed by atoms with E-state index in [-0.39, 0.29) is 0 Å². The van der Waals surface area contributed by atoms with Gasteiger partial charge in [-0.2, -0.15) is 0 Å². The lowest BCUT2D eigenvalue weighted by Crippen LogP contribution is -2.55. The highest BCUT2D eigenvalue weighted by Gasteiger charge is 2.65. The van der Waals surface area contributed by atoms with E-state index in [4.69, 9.17) is 15.5 Å². The van der Waals surface area contributed by atoms with E-state index in [1.54, 1.807) is 0 Å². The van der Waals surface area contributed by atoms with Crippen LogP contribution in [0.25, 0.3) is 0 Å². The molecule has 0 aromatic carbocycles. The van der Waals surface area contributed by atoms with Gasteiger partial charge in [-0.1, -0.05) is 0 Å². The van der Waals surface area contributed by atoms with E-state index in [0.717, 1.165) is 0 Å². The summed E-state index contributed by atoms with van der Waals surface area (Å²) >= 11 is 4.74. The molecular formula is C24H45BrN6P+. The molecule has 0 radical (unpaired) electrons. The second kappa shape index (κ2) is 9.97. The highest BCUT2D eigenvalue weighted by atomic mass is 79.9. The molecule has 3 atom stereocenters. The van der Waals surface area contributed by atoms with Crippen LogP contribution in [0, 0.1) is 0 Å². The lowest BCUT2D eigenvalue weighted by molar-refractivity contribution is 0.101. The minimum absolute atomic E-state index is 0.657. The zero-order valence-electron chi connectivity index (χ0n) is 20.1. The molecule has 0 aliphatic carbocycles. The van der Waals surface area contributed by atoms with E-state index in [2.05, 4.69) is 28.7 Å². The van der Waals surface area contributed by atoms with Gasteiger partial charge in [-0.3, -0.25) is 14.7 Å². The van der Waals surface area contributed by atoms with Gasteiger partial charge in [0.05, 0.1) is 0 Å². The Bertz CT molecular complexity index is 552. The Balaban J connectivity index is 1.35. The second-order valence-electron chi connectivity index (χ2n) is 11.1. The molecule has 6 nitrogen and oxygen atoms in total. The molecule has 0 N–H and O–H groups in total. The van der Waals surface area contributed by atoms with Crippen LogP contribution in [0.15, 0.2) is 0 Å². The second-order valence-corrected chi connectivity index (χ2v) is 16.5. The largest absolute Gasteiger partial charge is 0.304 e. The first-order chi connectivity index (χ1) is 15.8. The quantitative estimate of drug-likeness (QED) is 0.466. The predicted molar refractivity (Wildman–Crippen MR) is 137 cm³/mol. The molecule has 6 fully saturated rings. The Morgan fingerprint density at radius 3 is 0.969 bits per heavy atom. The summed E-state index contributed by atoms with van der Waals surface area (Å²) in [6.45, 7) is 11.8. The van der Waals surface area contributed by atoms with E-state index < -0.39 is 6.42 Å². The van der Waals surface area contributed by atoms with E-state index >= 15 is 0 Å². The van der Waals surface area contributed by atoms with Crippen molar-refractivity contribution >= 4 is 21.9 Å². The maximum absolute atomic E-state index is 4.74. The van der Waals surface area contributed by atoms with Gasteiger partial charge in [0.15, 0.2) is 0 Å². The standard InChI is InChI=1S/C24H45BrN6P/c25-32(29-19-7-10-22(29)26-13-1-2-14-26,30-20-8-11-23(30)27-15-3-4-16-27)31-21-9-12-24(31)28-17-5-6-18-28/h22-24H,1-21H2/q+1. The highest BCUT2D eigenvalue weighted by molar-refractivity contribution is 9.41. The van der Waals surface area contributed by atoms with Crippen LogP contribution in [0.1, 0.15) is 77.0 Å². The van der Waals surface area contributed by atoms with Crippen LogP contribution < -0.4 is 0 Å². The summed E-state index contributed by atoms with van der Waals surface area (Å²) in [5.41, 5.74) is 0. The summed E-state index contributed by atoms with van der Waals surface area (Å²) in [7, 11) is 0. The summed E-state index contributed by atoms with van der Waals surface area (Å²) in [4.78, 5) is 8.56. The first kappa shape index (κ1) is 23.1. The van der Waals surface area contributed by atoms with E-state index in [0.29, 0.717) is 18.5 Å².